The van der Waals surface area contributed by atoms with Crippen LogP contribution >= 0.6 is 22.9 Å². The number of hydrogen-bond acceptors (Lipinski definition) is 5. The molecule has 0 saturated heterocycles. The van der Waals surface area contributed by atoms with Crippen LogP contribution in [-0.2, 0) is 0 Å². The van der Waals surface area contributed by atoms with Gasteiger partial charge in [-0.2, -0.15) is 0 Å². The molecule has 5 nitrogen and oxygen atoms in total. The lowest BCUT2D eigenvalue weighted by molar-refractivity contribution is 0.100. The van der Waals surface area contributed by atoms with Crippen LogP contribution in [0, 0.1) is 6.92 Å². The zero-order valence-corrected chi connectivity index (χ0v) is 15.2. The molecular formula is C18H16ClN3O2S. The second-order valence-electron chi connectivity index (χ2n) is 5.35. The largest absolute Gasteiger partial charge is 0.497 e. The van der Waals surface area contributed by atoms with E-state index < -0.39 is 5.91 Å². The number of anilines is 2. The average Bonchev–Trinajstić information content (AvgIpc) is 2.99. The van der Waals surface area contributed by atoms with Crippen molar-refractivity contribution in [3.8, 4) is 17.0 Å². The number of nitrogens with one attached hydrogen (secondary N) is 1. The number of nitrogens with two attached hydrogens (primary N) is 1. The summed E-state index contributed by atoms with van der Waals surface area (Å²) < 4.78 is 5.14. The van der Waals surface area contributed by atoms with Gasteiger partial charge in [-0.25, -0.2) is 4.98 Å². The normalized spacial score (nSPS) is 10.5. The standard InChI is InChI=1S/C18H16ClN3O2S/c1-10-4-3-5-13(19)14(10)15-16(17(20)23)25-18(22-15)21-11-6-8-12(24-2)9-7-11/h3-9H,1-2H3,(H2,20,23)(H,21,22). The van der Waals surface area contributed by atoms with E-state index in [-0.39, 0.29) is 0 Å². The molecule has 0 aliphatic carbocycles. The number of nitrogens with zero attached hydrogens (tertiary/aromatic N) is 1. The van der Waals surface area contributed by atoms with Crippen molar-refractivity contribution in [3.63, 3.8) is 0 Å². The van der Waals surface area contributed by atoms with Gasteiger partial charge in [-0.15, -0.1) is 0 Å². The summed E-state index contributed by atoms with van der Waals surface area (Å²) in [6.07, 6.45) is 0. The molecule has 0 bridgehead atoms. The Hall–Kier alpha value is -2.57. The molecule has 3 N–H and O–H groups in total. The number of ether oxygens (including phenoxy) is 1. The third-order valence-electron chi connectivity index (χ3n) is 3.65. The van der Waals surface area contributed by atoms with Gasteiger partial charge in [0.05, 0.1) is 17.8 Å². The molecule has 0 atom stereocenters. The Kier molecular flexibility index (Phi) is 4.92. The monoisotopic (exact) mass is 373 g/mol. The molecule has 0 unspecified atom stereocenters. The van der Waals surface area contributed by atoms with E-state index in [4.69, 9.17) is 22.1 Å². The minimum Gasteiger partial charge on any atom is -0.497 e. The van der Waals surface area contributed by atoms with Crippen molar-refractivity contribution in [2.45, 2.75) is 6.92 Å². The number of aryl methyl sites for hydroxylation is 1. The highest BCUT2D eigenvalue weighted by atomic mass is 35.5. The molecule has 2 aromatic carbocycles. The molecule has 0 spiro atoms. The molecule has 1 amide bonds. The van der Waals surface area contributed by atoms with Crippen LogP contribution in [0.3, 0.4) is 0 Å². The van der Waals surface area contributed by atoms with E-state index >= 15 is 0 Å². The first-order chi connectivity index (χ1) is 12.0. The molecule has 7 heteroatoms. The molecule has 0 radical (unpaired) electrons. The zero-order valence-electron chi connectivity index (χ0n) is 13.7. The summed E-state index contributed by atoms with van der Waals surface area (Å²) >= 11 is 7.52. The van der Waals surface area contributed by atoms with Crippen LogP contribution in [0.5, 0.6) is 5.75 Å². The quantitative estimate of drug-likeness (QED) is 0.683. The van der Waals surface area contributed by atoms with Crippen molar-refractivity contribution < 1.29 is 9.53 Å². The lowest BCUT2D eigenvalue weighted by atomic mass is 10.0. The van der Waals surface area contributed by atoms with Gasteiger partial charge in [0.15, 0.2) is 5.13 Å². The Morgan fingerprint density at radius 2 is 1.96 bits per heavy atom. The van der Waals surface area contributed by atoms with Gasteiger partial charge in [0.25, 0.3) is 5.91 Å². The number of thiazole rings is 1. The first kappa shape index (κ1) is 17.3. The van der Waals surface area contributed by atoms with Gasteiger partial charge >= 0.3 is 0 Å². The van der Waals surface area contributed by atoms with Gasteiger partial charge < -0.3 is 15.8 Å². The Morgan fingerprint density at radius 1 is 1.24 bits per heavy atom. The minimum absolute atomic E-state index is 0.368. The van der Waals surface area contributed by atoms with E-state index in [9.17, 15) is 4.79 Å². The number of primary amides is 1. The molecule has 25 heavy (non-hydrogen) atoms. The SMILES string of the molecule is COc1ccc(Nc2nc(-c3c(C)cccc3Cl)c(C(N)=O)s2)cc1. The number of aromatic nitrogens is 1. The number of rotatable bonds is 5. The maximum absolute atomic E-state index is 11.9. The highest BCUT2D eigenvalue weighted by Gasteiger charge is 2.21. The van der Waals surface area contributed by atoms with E-state index in [1.54, 1.807) is 13.2 Å². The molecule has 3 rings (SSSR count). The molecule has 3 aromatic rings. The van der Waals surface area contributed by atoms with Crippen molar-refractivity contribution in [1.82, 2.24) is 4.98 Å². The summed E-state index contributed by atoms with van der Waals surface area (Å²) in [5, 5.41) is 4.28. The van der Waals surface area contributed by atoms with E-state index in [2.05, 4.69) is 10.3 Å². The van der Waals surface area contributed by atoms with E-state index in [1.807, 2.05) is 43.3 Å². The lowest BCUT2D eigenvalue weighted by Crippen LogP contribution is -2.10. The van der Waals surface area contributed by atoms with E-state index in [0.717, 1.165) is 22.6 Å². The summed E-state index contributed by atoms with van der Waals surface area (Å²) in [6.45, 7) is 1.92. The molecule has 128 valence electrons. The molecule has 0 aliphatic rings. The smallest absolute Gasteiger partial charge is 0.261 e. The summed E-state index contributed by atoms with van der Waals surface area (Å²) in [5.41, 5.74) is 8.51. The number of halogens is 1. The second kappa shape index (κ2) is 7.13. The van der Waals surface area contributed by atoms with Gasteiger partial charge in [0, 0.05) is 11.3 Å². The first-order valence-corrected chi connectivity index (χ1v) is 8.66. The molecule has 1 heterocycles. The fourth-order valence-electron chi connectivity index (χ4n) is 2.44. The summed E-state index contributed by atoms with van der Waals surface area (Å²) in [4.78, 5) is 16.8. The minimum atomic E-state index is -0.533. The topological polar surface area (TPSA) is 77.2 Å². The third-order valence-corrected chi connectivity index (χ3v) is 4.95. The maximum atomic E-state index is 11.9. The molecule has 0 fully saturated rings. The summed E-state index contributed by atoms with van der Waals surface area (Å²) in [6, 6.07) is 12.9. The van der Waals surface area contributed by atoms with Crippen LogP contribution in [0.25, 0.3) is 11.3 Å². The van der Waals surface area contributed by atoms with E-state index in [1.165, 1.54) is 11.3 Å². The molecule has 0 saturated carbocycles. The van der Waals surface area contributed by atoms with Crippen molar-refractivity contribution >= 4 is 39.7 Å². The predicted octanol–water partition coefficient (Wildman–Crippen LogP) is 4.62. The number of carbonyl (C=O) groups is 1. The van der Waals surface area contributed by atoms with Gasteiger partial charge in [-0.1, -0.05) is 35.1 Å². The van der Waals surface area contributed by atoms with Gasteiger partial charge in [-0.3, -0.25) is 4.79 Å². The lowest BCUT2D eigenvalue weighted by Gasteiger charge is -2.06. The van der Waals surface area contributed by atoms with Crippen molar-refractivity contribution in [2.75, 3.05) is 12.4 Å². The van der Waals surface area contributed by atoms with Gasteiger partial charge in [0.1, 0.15) is 10.6 Å². The second-order valence-corrected chi connectivity index (χ2v) is 6.75. The Morgan fingerprint density at radius 3 is 2.56 bits per heavy atom. The molecule has 0 aliphatic heterocycles. The third kappa shape index (κ3) is 3.60. The number of carbonyl (C=O) groups excluding carboxylic acids is 1. The molecular weight excluding hydrogens is 358 g/mol. The van der Waals surface area contributed by atoms with E-state index in [0.29, 0.717) is 20.7 Å². The fraction of sp³-hybridized carbons (Fsp3) is 0.111. The van der Waals surface area contributed by atoms with Crippen LogP contribution in [-0.4, -0.2) is 18.0 Å². The van der Waals surface area contributed by atoms with Crippen LogP contribution in [0.4, 0.5) is 10.8 Å². The van der Waals surface area contributed by atoms with Gasteiger partial charge in [-0.05, 0) is 42.8 Å². The summed E-state index contributed by atoms with van der Waals surface area (Å²) in [7, 11) is 1.61. The van der Waals surface area contributed by atoms with Crippen LogP contribution in [0.1, 0.15) is 15.2 Å². The number of methoxy groups -OCH3 is 1. The van der Waals surface area contributed by atoms with Crippen molar-refractivity contribution in [3.05, 3.63) is 57.9 Å². The average molecular weight is 374 g/mol. The predicted molar refractivity (Wildman–Crippen MR) is 102 cm³/mol. The Bertz CT molecular complexity index is 902. The number of amides is 1. The van der Waals surface area contributed by atoms with Gasteiger partial charge in [0.2, 0.25) is 0 Å². The molecule has 1 aromatic heterocycles. The highest BCUT2D eigenvalue weighted by molar-refractivity contribution is 7.18. The Balaban J connectivity index is 2.01. The zero-order chi connectivity index (χ0) is 18.0. The van der Waals surface area contributed by atoms with Crippen molar-refractivity contribution in [1.29, 1.82) is 0 Å². The van der Waals surface area contributed by atoms with Crippen molar-refractivity contribution in [2.24, 2.45) is 5.73 Å². The fourth-order valence-corrected chi connectivity index (χ4v) is 3.60. The number of hydrogen-bond donors (Lipinski definition) is 2. The first-order valence-electron chi connectivity index (χ1n) is 7.46. The van der Waals surface area contributed by atoms with Crippen LogP contribution < -0.4 is 15.8 Å². The van der Waals surface area contributed by atoms with Crippen LogP contribution in [0.15, 0.2) is 42.5 Å². The van der Waals surface area contributed by atoms with Crippen LogP contribution in [0.2, 0.25) is 5.02 Å². The highest BCUT2D eigenvalue weighted by Crippen LogP contribution is 2.37. The maximum Gasteiger partial charge on any atom is 0.261 e. The number of benzene rings is 2. The summed E-state index contributed by atoms with van der Waals surface area (Å²) in [5.74, 6) is 0.226. The Labute approximate surface area is 154 Å².